The Morgan fingerprint density at radius 1 is 1.29 bits per heavy atom. The first-order valence-corrected chi connectivity index (χ1v) is 7.06. The summed E-state index contributed by atoms with van der Waals surface area (Å²) >= 11 is 0. The second kappa shape index (κ2) is 4.97. The molecule has 17 heavy (non-hydrogen) atoms. The molecule has 98 valence electrons. The lowest BCUT2D eigenvalue weighted by atomic mass is 9.78. The summed E-state index contributed by atoms with van der Waals surface area (Å²) in [6.07, 6.45) is 4.42. The Balaban J connectivity index is 2.07. The molecule has 2 atom stereocenters. The van der Waals surface area contributed by atoms with Crippen LogP contribution in [0.25, 0.3) is 0 Å². The number of nitrogens with zero attached hydrogens (tertiary/aromatic N) is 1. The highest BCUT2D eigenvalue weighted by Crippen LogP contribution is 2.34. The van der Waals surface area contributed by atoms with Crippen molar-refractivity contribution < 1.29 is 4.79 Å². The number of hydrogen-bond donors (Lipinski definition) is 1. The molecule has 1 N–H and O–H groups in total. The third-order valence-corrected chi connectivity index (χ3v) is 4.86. The molecule has 0 spiro atoms. The number of carbonyl (C=O) groups excluding carboxylic acids is 1. The van der Waals surface area contributed by atoms with Crippen LogP contribution in [0, 0.1) is 11.3 Å². The van der Waals surface area contributed by atoms with E-state index >= 15 is 0 Å². The third-order valence-electron chi connectivity index (χ3n) is 4.86. The quantitative estimate of drug-likeness (QED) is 0.758. The second-order valence-corrected chi connectivity index (χ2v) is 6.17. The van der Waals surface area contributed by atoms with E-state index in [-0.39, 0.29) is 5.41 Å². The number of rotatable bonds is 1. The second-order valence-electron chi connectivity index (χ2n) is 6.17. The SMILES string of the molecule is CC1CCCN(C(=O)C2(C)CCNCC2)C1C. The van der Waals surface area contributed by atoms with Gasteiger partial charge in [0, 0.05) is 18.0 Å². The first-order chi connectivity index (χ1) is 8.04. The summed E-state index contributed by atoms with van der Waals surface area (Å²) in [4.78, 5) is 14.9. The molecule has 2 unspecified atom stereocenters. The monoisotopic (exact) mass is 238 g/mol. The van der Waals surface area contributed by atoms with Crippen molar-refractivity contribution in [2.45, 2.75) is 52.5 Å². The van der Waals surface area contributed by atoms with Crippen LogP contribution in [0.1, 0.15) is 46.5 Å². The van der Waals surface area contributed by atoms with Crippen molar-refractivity contribution in [1.29, 1.82) is 0 Å². The molecule has 2 saturated heterocycles. The van der Waals surface area contributed by atoms with Crippen LogP contribution in [-0.4, -0.2) is 36.5 Å². The maximum absolute atomic E-state index is 12.7. The lowest BCUT2D eigenvalue weighted by Gasteiger charge is -2.44. The van der Waals surface area contributed by atoms with Gasteiger partial charge in [-0.2, -0.15) is 0 Å². The van der Waals surface area contributed by atoms with Gasteiger partial charge in [-0.3, -0.25) is 4.79 Å². The van der Waals surface area contributed by atoms with Gasteiger partial charge < -0.3 is 10.2 Å². The van der Waals surface area contributed by atoms with E-state index in [1.54, 1.807) is 0 Å². The molecule has 2 aliphatic heterocycles. The van der Waals surface area contributed by atoms with E-state index < -0.39 is 0 Å². The van der Waals surface area contributed by atoms with E-state index in [2.05, 4.69) is 31.0 Å². The van der Waals surface area contributed by atoms with Gasteiger partial charge in [0.2, 0.25) is 5.91 Å². The molecule has 0 bridgehead atoms. The normalized spacial score (nSPS) is 33.5. The van der Waals surface area contributed by atoms with Crippen LogP contribution in [-0.2, 0) is 4.79 Å². The smallest absolute Gasteiger partial charge is 0.228 e. The lowest BCUT2D eigenvalue weighted by molar-refractivity contribution is -0.147. The van der Waals surface area contributed by atoms with Crippen molar-refractivity contribution in [3.63, 3.8) is 0 Å². The zero-order valence-electron chi connectivity index (χ0n) is 11.5. The third kappa shape index (κ3) is 2.49. The van der Waals surface area contributed by atoms with E-state index in [0.29, 0.717) is 17.9 Å². The summed E-state index contributed by atoms with van der Waals surface area (Å²) in [6.45, 7) is 9.58. The van der Waals surface area contributed by atoms with Crippen LogP contribution < -0.4 is 5.32 Å². The Hall–Kier alpha value is -0.570. The van der Waals surface area contributed by atoms with E-state index in [1.807, 2.05) is 0 Å². The molecule has 2 fully saturated rings. The Morgan fingerprint density at radius 2 is 1.94 bits per heavy atom. The lowest BCUT2D eigenvalue weighted by Crippen LogP contribution is -2.53. The highest BCUT2D eigenvalue weighted by molar-refractivity contribution is 5.83. The van der Waals surface area contributed by atoms with Crippen LogP contribution in [0.2, 0.25) is 0 Å². The van der Waals surface area contributed by atoms with Gasteiger partial charge >= 0.3 is 0 Å². The molecule has 0 aromatic heterocycles. The standard InChI is InChI=1S/C14H26N2O/c1-11-5-4-10-16(12(11)2)13(17)14(3)6-8-15-9-7-14/h11-12,15H,4-10H2,1-3H3. The fourth-order valence-corrected chi connectivity index (χ4v) is 3.16. The average molecular weight is 238 g/mol. The number of piperidine rings is 2. The molecule has 1 amide bonds. The molecular formula is C14H26N2O. The van der Waals surface area contributed by atoms with Gasteiger partial charge in [-0.15, -0.1) is 0 Å². The van der Waals surface area contributed by atoms with Gasteiger partial charge in [0.05, 0.1) is 0 Å². The summed E-state index contributed by atoms with van der Waals surface area (Å²) in [6, 6.07) is 0.419. The van der Waals surface area contributed by atoms with Crippen LogP contribution in [0.4, 0.5) is 0 Å². The summed E-state index contributed by atoms with van der Waals surface area (Å²) in [5, 5.41) is 3.35. The fraction of sp³-hybridized carbons (Fsp3) is 0.929. The number of carbonyl (C=O) groups is 1. The van der Waals surface area contributed by atoms with Gasteiger partial charge in [-0.1, -0.05) is 13.8 Å². The number of nitrogens with one attached hydrogen (secondary N) is 1. The highest BCUT2D eigenvalue weighted by Gasteiger charge is 2.40. The van der Waals surface area contributed by atoms with Crippen LogP contribution >= 0.6 is 0 Å². The molecule has 0 aliphatic carbocycles. The van der Waals surface area contributed by atoms with E-state index in [1.165, 1.54) is 12.8 Å². The molecule has 3 heteroatoms. The molecule has 0 aromatic carbocycles. The fourth-order valence-electron chi connectivity index (χ4n) is 3.16. The van der Waals surface area contributed by atoms with Crippen LogP contribution in [0.3, 0.4) is 0 Å². The molecule has 0 saturated carbocycles. The van der Waals surface area contributed by atoms with Gasteiger partial charge in [0.25, 0.3) is 0 Å². The maximum atomic E-state index is 12.7. The molecule has 2 aliphatic rings. The van der Waals surface area contributed by atoms with Crippen molar-refractivity contribution in [3.05, 3.63) is 0 Å². The Labute approximate surface area is 105 Å². The van der Waals surface area contributed by atoms with E-state index in [4.69, 9.17) is 0 Å². The predicted octanol–water partition coefficient (Wildman–Crippen LogP) is 2.02. The summed E-state index contributed by atoms with van der Waals surface area (Å²) in [5.74, 6) is 1.05. The summed E-state index contributed by atoms with van der Waals surface area (Å²) < 4.78 is 0. The first-order valence-electron chi connectivity index (χ1n) is 7.06. The summed E-state index contributed by atoms with van der Waals surface area (Å²) in [7, 11) is 0. The zero-order valence-corrected chi connectivity index (χ0v) is 11.5. The number of hydrogen-bond acceptors (Lipinski definition) is 2. The van der Waals surface area contributed by atoms with Crippen LogP contribution in [0.15, 0.2) is 0 Å². The Bertz CT molecular complexity index is 284. The maximum Gasteiger partial charge on any atom is 0.228 e. The minimum Gasteiger partial charge on any atom is -0.339 e. The topological polar surface area (TPSA) is 32.3 Å². The Kier molecular flexibility index (Phi) is 3.76. The largest absolute Gasteiger partial charge is 0.339 e. The van der Waals surface area contributed by atoms with Crippen LogP contribution in [0.5, 0.6) is 0 Å². The number of amides is 1. The van der Waals surface area contributed by atoms with Gasteiger partial charge in [-0.05, 0) is 51.6 Å². The van der Waals surface area contributed by atoms with Gasteiger partial charge in [-0.25, -0.2) is 0 Å². The highest BCUT2D eigenvalue weighted by atomic mass is 16.2. The molecule has 3 nitrogen and oxygen atoms in total. The Morgan fingerprint density at radius 3 is 2.59 bits per heavy atom. The van der Waals surface area contributed by atoms with E-state index in [9.17, 15) is 4.79 Å². The van der Waals surface area contributed by atoms with Gasteiger partial charge in [0.15, 0.2) is 0 Å². The van der Waals surface area contributed by atoms with Crippen molar-refractivity contribution in [2.24, 2.45) is 11.3 Å². The van der Waals surface area contributed by atoms with E-state index in [0.717, 1.165) is 32.5 Å². The van der Waals surface area contributed by atoms with Crippen molar-refractivity contribution in [3.8, 4) is 0 Å². The molecule has 2 rings (SSSR count). The molecule has 0 aromatic rings. The average Bonchev–Trinajstić information content (AvgIpc) is 2.33. The van der Waals surface area contributed by atoms with Gasteiger partial charge in [0.1, 0.15) is 0 Å². The minimum atomic E-state index is -0.115. The summed E-state index contributed by atoms with van der Waals surface area (Å²) in [5.41, 5.74) is -0.115. The molecule has 0 radical (unpaired) electrons. The predicted molar refractivity (Wildman–Crippen MR) is 69.8 cm³/mol. The van der Waals surface area contributed by atoms with Crippen molar-refractivity contribution in [2.75, 3.05) is 19.6 Å². The number of likely N-dealkylation sites (tertiary alicyclic amines) is 1. The molecular weight excluding hydrogens is 212 g/mol. The molecule has 2 heterocycles. The van der Waals surface area contributed by atoms with Crippen molar-refractivity contribution in [1.82, 2.24) is 10.2 Å². The first kappa shape index (κ1) is 12.9. The zero-order chi connectivity index (χ0) is 12.5. The van der Waals surface area contributed by atoms with Crippen molar-refractivity contribution >= 4 is 5.91 Å². The minimum absolute atomic E-state index is 0.115.